The summed E-state index contributed by atoms with van der Waals surface area (Å²) in [6, 6.07) is 8.61. The molecule has 2 aliphatic heterocycles. The number of nitrogens with zero attached hydrogens (tertiary/aromatic N) is 3. The van der Waals surface area contributed by atoms with Gasteiger partial charge in [0.05, 0.1) is 12.7 Å². The van der Waals surface area contributed by atoms with Crippen LogP contribution >= 0.6 is 0 Å². The molecule has 0 amide bonds. The van der Waals surface area contributed by atoms with Gasteiger partial charge in [0.2, 0.25) is 0 Å². The summed E-state index contributed by atoms with van der Waals surface area (Å²) in [6.07, 6.45) is 4.95. The molecular weight excluding hydrogens is 442 g/mol. The van der Waals surface area contributed by atoms with Crippen LogP contribution in [0.2, 0.25) is 0 Å². The highest BCUT2D eigenvalue weighted by atomic mass is 16.5. The van der Waals surface area contributed by atoms with Gasteiger partial charge in [0.15, 0.2) is 0 Å². The molecule has 3 aliphatic rings. The number of fused-ring (bicyclic) bond motifs is 2. The van der Waals surface area contributed by atoms with E-state index in [1.54, 1.807) is 7.11 Å². The van der Waals surface area contributed by atoms with Gasteiger partial charge in [0.1, 0.15) is 17.8 Å². The average Bonchev–Trinajstić information content (AvgIpc) is 3.06. The molecule has 2 unspecified atom stereocenters. The number of anilines is 1. The molecule has 0 radical (unpaired) electrons. The topological polar surface area (TPSA) is 69.4 Å². The van der Waals surface area contributed by atoms with Crippen molar-refractivity contribution < 1.29 is 14.3 Å². The van der Waals surface area contributed by atoms with E-state index in [1.807, 2.05) is 12.1 Å². The van der Waals surface area contributed by atoms with Crippen LogP contribution in [-0.4, -0.2) is 60.8 Å². The van der Waals surface area contributed by atoms with E-state index >= 15 is 0 Å². The van der Waals surface area contributed by atoms with Crippen LogP contribution in [0.25, 0.3) is 0 Å². The Hall–Kier alpha value is -2.51. The van der Waals surface area contributed by atoms with Crippen molar-refractivity contribution in [3.8, 4) is 11.5 Å². The maximum absolute atomic E-state index is 12.6. The Kier molecular flexibility index (Phi) is 6.34. The third kappa shape index (κ3) is 5.07. The van der Waals surface area contributed by atoms with E-state index in [2.05, 4.69) is 47.6 Å². The van der Waals surface area contributed by atoms with Crippen molar-refractivity contribution in [1.29, 1.82) is 0 Å². The number of piperazine rings is 1. The maximum atomic E-state index is 12.6. The summed E-state index contributed by atoms with van der Waals surface area (Å²) in [4.78, 5) is 19.7. The van der Waals surface area contributed by atoms with E-state index in [0.29, 0.717) is 35.7 Å². The Morgan fingerprint density at radius 3 is 2.46 bits per heavy atom. The van der Waals surface area contributed by atoms with E-state index in [9.17, 15) is 9.90 Å². The zero-order valence-electron chi connectivity index (χ0n) is 21.5. The van der Waals surface area contributed by atoms with Crippen LogP contribution in [0.4, 0.5) is 5.69 Å². The van der Waals surface area contributed by atoms with Crippen molar-refractivity contribution in [2.24, 2.45) is 10.8 Å². The normalized spacial score (nSPS) is 26.7. The van der Waals surface area contributed by atoms with Gasteiger partial charge in [-0.05, 0) is 54.4 Å². The average molecular weight is 482 g/mol. The number of hydrogen-bond donors (Lipinski definition) is 1. The number of methoxy groups -OCH3 is 1. The fraction of sp³-hybridized carbons (Fsp3) is 0.607. The number of likely N-dealkylation sites (tertiary alicyclic amines) is 1. The van der Waals surface area contributed by atoms with Crippen LogP contribution in [0.3, 0.4) is 0 Å². The summed E-state index contributed by atoms with van der Waals surface area (Å²) in [5.74, 6) is 0.976. The van der Waals surface area contributed by atoms with E-state index in [0.717, 1.165) is 44.9 Å². The zero-order chi connectivity index (χ0) is 24.8. The van der Waals surface area contributed by atoms with Crippen LogP contribution in [0.5, 0.6) is 11.5 Å². The summed E-state index contributed by atoms with van der Waals surface area (Å²) in [6.45, 7) is 12.6. The molecule has 3 heterocycles. The molecule has 2 atom stereocenters. The summed E-state index contributed by atoms with van der Waals surface area (Å²) in [7, 11) is 1.68. The quantitative estimate of drug-likeness (QED) is 0.667. The van der Waals surface area contributed by atoms with E-state index in [1.165, 1.54) is 24.8 Å². The summed E-state index contributed by atoms with van der Waals surface area (Å²) in [5, 5.41) is 11.1. The highest BCUT2D eigenvalue weighted by Gasteiger charge is 2.49. The second-order valence-electron chi connectivity index (χ2n) is 12.0. The third-order valence-electron chi connectivity index (χ3n) is 8.23. The molecule has 2 aromatic rings. The maximum Gasteiger partial charge on any atom is 0.343 e. The Bertz CT molecular complexity index is 1100. The van der Waals surface area contributed by atoms with Gasteiger partial charge in [-0.2, -0.15) is 0 Å². The van der Waals surface area contributed by atoms with Gasteiger partial charge < -0.3 is 19.2 Å². The first kappa shape index (κ1) is 24.2. The SMILES string of the molecule is COc1ccc(N2CCN(Cc3coc(=O)c(CN4CC5(C)CC4CC(C)(C)C5)c3O)CC2)cc1. The molecular formula is C28H39N3O4. The Morgan fingerprint density at radius 1 is 1.06 bits per heavy atom. The molecule has 1 aromatic carbocycles. The molecule has 1 saturated carbocycles. The highest BCUT2D eigenvalue weighted by molar-refractivity contribution is 5.49. The first-order valence-corrected chi connectivity index (χ1v) is 12.8. The van der Waals surface area contributed by atoms with Gasteiger partial charge in [-0.3, -0.25) is 9.80 Å². The molecule has 35 heavy (non-hydrogen) atoms. The number of hydrogen-bond acceptors (Lipinski definition) is 7. The molecule has 0 spiro atoms. The molecule has 5 rings (SSSR count). The fourth-order valence-corrected chi connectivity index (χ4v) is 6.96. The third-order valence-corrected chi connectivity index (χ3v) is 8.23. The second kappa shape index (κ2) is 9.17. The molecule has 190 valence electrons. The van der Waals surface area contributed by atoms with Gasteiger partial charge in [0, 0.05) is 63.1 Å². The Morgan fingerprint density at radius 2 is 1.77 bits per heavy atom. The molecule has 2 saturated heterocycles. The van der Waals surface area contributed by atoms with Crippen molar-refractivity contribution in [1.82, 2.24) is 9.80 Å². The first-order chi connectivity index (χ1) is 16.6. The summed E-state index contributed by atoms with van der Waals surface area (Å²) >= 11 is 0. The van der Waals surface area contributed by atoms with Gasteiger partial charge >= 0.3 is 5.63 Å². The van der Waals surface area contributed by atoms with Crippen LogP contribution in [0.1, 0.15) is 51.2 Å². The summed E-state index contributed by atoms with van der Waals surface area (Å²) in [5.41, 5.74) is 2.48. The van der Waals surface area contributed by atoms with Crippen molar-refractivity contribution in [2.75, 3.05) is 44.7 Å². The Balaban J connectivity index is 1.24. The minimum atomic E-state index is -0.415. The van der Waals surface area contributed by atoms with E-state index < -0.39 is 5.63 Å². The largest absolute Gasteiger partial charge is 0.507 e. The van der Waals surface area contributed by atoms with Gasteiger partial charge in [-0.25, -0.2) is 4.79 Å². The second-order valence-corrected chi connectivity index (χ2v) is 12.0. The van der Waals surface area contributed by atoms with Gasteiger partial charge in [-0.1, -0.05) is 20.8 Å². The zero-order valence-corrected chi connectivity index (χ0v) is 21.5. The Labute approximate surface area is 208 Å². The predicted molar refractivity (Wildman–Crippen MR) is 137 cm³/mol. The summed E-state index contributed by atoms with van der Waals surface area (Å²) < 4.78 is 10.7. The van der Waals surface area contributed by atoms with E-state index in [-0.39, 0.29) is 11.2 Å². The lowest BCUT2D eigenvalue weighted by Gasteiger charge is -2.39. The lowest BCUT2D eigenvalue weighted by molar-refractivity contribution is 0.126. The molecule has 7 heteroatoms. The lowest BCUT2D eigenvalue weighted by atomic mass is 9.65. The fourth-order valence-electron chi connectivity index (χ4n) is 6.96. The van der Waals surface area contributed by atoms with Crippen LogP contribution in [-0.2, 0) is 13.1 Å². The molecule has 7 nitrogen and oxygen atoms in total. The van der Waals surface area contributed by atoms with Crippen molar-refractivity contribution in [2.45, 2.75) is 59.2 Å². The number of ether oxygens (including phenoxy) is 1. The van der Waals surface area contributed by atoms with Crippen molar-refractivity contribution in [3.05, 3.63) is 52.1 Å². The monoisotopic (exact) mass is 481 g/mol. The van der Waals surface area contributed by atoms with Crippen LogP contribution < -0.4 is 15.3 Å². The minimum Gasteiger partial charge on any atom is -0.507 e. The smallest absolute Gasteiger partial charge is 0.343 e. The minimum absolute atomic E-state index is 0.115. The standard InChI is InChI=1S/C28H39N3O4/c1-27(2)13-22-14-28(3,18-27)19-31(22)16-24-25(32)20(17-35-26(24)33)15-29-9-11-30(12-10-29)21-5-7-23(34-4)8-6-21/h5-8,17,22,32H,9-16,18-19H2,1-4H3. The first-order valence-electron chi connectivity index (χ1n) is 12.8. The van der Waals surface area contributed by atoms with Gasteiger partial charge in [0.25, 0.3) is 0 Å². The molecule has 1 aliphatic carbocycles. The van der Waals surface area contributed by atoms with Crippen molar-refractivity contribution >= 4 is 5.69 Å². The van der Waals surface area contributed by atoms with Gasteiger partial charge in [-0.15, -0.1) is 0 Å². The van der Waals surface area contributed by atoms with Crippen LogP contribution in [0.15, 0.2) is 39.7 Å². The number of aromatic hydroxyl groups is 1. The molecule has 2 bridgehead atoms. The van der Waals surface area contributed by atoms with Crippen LogP contribution in [0, 0.1) is 10.8 Å². The number of benzene rings is 1. The van der Waals surface area contributed by atoms with E-state index in [4.69, 9.17) is 9.15 Å². The molecule has 3 fully saturated rings. The number of rotatable bonds is 6. The highest BCUT2D eigenvalue weighted by Crippen LogP contribution is 2.52. The predicted octanol–water partition coefficient (Wildman–Crippen LogP) is 4.08. The lowest BCUT2D eigenvalue weighted by Crippen LogP contribution is -2.46. The van der Waals surface area contributed by atoms with Crippen molar-refractivity contribution in [3.63, 3.8) is 0 Å². The molecule has 1 aromatic heterocycles. The molecule has 1 N–H and O–H groups in total.